The van der Waals surface area contributed by atoms with Crippen molar-refractivity contribution in [2.45, 2.75) is 51.6 Å². The highest BCUT2D eigenvalue weighted by molar-refractivity contribution is 6.36. The van der Waals surface area contributed by atoms with E-state index in [1.165, 1.54) is 32.1 Å². The summed E-state index contributed by atoms with van der Waals surface area (Å²) in [6, 6.07) is 8.86. The number of nitrogens with one attached hydrogen (secondary N) is 2. The van der Waals surface area contributed by atoms with Crippen molar-refractivity contribution in [2.75, 3.05) is 0 Å². The third-order valence-electron chi connectivity index (χ3n) is 4.62. The molecule has 0 spiro atoms. The Bertz CT molecular complexity index is 575. The van der Waals surface area contributed by atoms with Gasteiger partial charge in [-0.2, -0.15) is 0 Å². The summed E-state index contributed by atoms with van der Waals surface area (Å²) < 4.78 is 0. The van der Waals surface area contributed by atoms with Gasteiger partial charge < -0.3 is 10.3 Å². The number of fused-ring (bicyclic) bond motifs is 1. The van der Waals surface area contributed by atoms with Crippen LogP contribution in [0, 0.1) is 5.92 Å². The summed E-state index contributed by atoms with van der Waals surface area (Å²) in [4.78, 5) is 3.44. The van der Waals surface area contributed by atoms with Gasteiger partial charge in [-0.3, -0.25) is 0 Å². The number of hydrogen-bond acceptors (Lipinski definition) is 1. The van der Waals surface area contributed by atoms with E-state index in [1.54, 1.807) is 0 Å². The highest BCUT2D eigenvalue weighted by Gasteiger charge is 2.20. The van der Waals surface area contributed by atoms with Crippen LogP contribution >= 0.6 is 11.6 Å². The fraction of sp³-hybridized carbons (Fsp3) is 0.529. The molecule has 0 bridgehead atoms. The van der Waals surface area contributed by atoms with Crippen molar-refractivity contribution in [2.24, 2.45) is 5.92 Å². The molecule has 0 aliphatic heterocycles. The summed E-state index contributed by atoms with van der Waals surface area (Å²) in [5.74, 6) is 0.764. The largest absolute Gasteiger partial charge is 0.356 e. The molecule has 3 heteroatoms. The number of benzene rings is 1. The summed E-state index contributed by atoms with van der Waals surface area (Å²) in [6.07, 6.45) is 6.75. The Morgan fingerprint density at radius 1 is 1.20 bits per heavy atom. The smallest absolute Gasteiger partial charge is 0.0705 e. The van der Waals surface area contributed by atoms with Crippen LogP contribution in [0.4, 0.5) is 0 Å². The summed E-state index contributed by atoms with van der Waals surface area (Å²) in [5, 5.41) is 5.71. The lowest BCUT2D eigenvalue weighted by Crippen LogP contribution is -2.33. The van der Waals surface area contributed by atoms with Crippen LogP contribution in [0.15, 0.2) is 24.3 Å². The van der Waals surface area contributed by atoms with Crippen molar-refractivity contribution >= 4 is 22.5 Å². The molecule has 2 unspecified atom stereocenters. The van der Waals surface area contributed by atoms with Gasteiger partial charge in [0.05, 0.1) is 5.02 Å². The van der Waals surface area contributed by atoms with E-state index in [1.807, 2.05) is 12.1 Å². The Balaban J connectivity index is 1.71. The maximum atomic E-state index is 6.47. The second kappa shape index (κ2) is 6.19. The number of hydrogen-bond donors (Lipinski definition) is 2. The molecule has 1 aromatic carbocycles. The molecule has 0 radical (unpaired) electrons. The van der Waals surface area contributed by atoms with Gasteiger partial charge in [-0.05, 0) is 24.8 Å². The quantitative estimate of drug-likeness (QED) is 0.775. The van der Waals surface area contributed by atoms with Gasteiger partial charge >= 0.3 is 0 Å². The average molecular weight is 291 g/mol. The number of para-hydroxylation sites is 1. The third-order valence-corrected chi connectivity index (χ3v) is 5.05. The summed E-state index contributed by atoms with van der Waals surface area (Å²) in [7, 11) is 0. The first-order valence-electron chi connectivity index (χ1n) is 7.74. The molecule has 1 heterocycles. The molecule has 1 fully saturated rings. The van der Waals surface area contributed by atoms with Crippen LogP contribution in [-0.4, -0.2) is 11.0 Å². The van der Waals surface area contributed by atoms with Crippen molar-refractivity contribution in [3.63, 3.8) is 0 Å². The van der Waals surface area contributed by atoms with Crippen LogP contribution in [0.2, 0.25) is 5.02 Å². The van der Waals surface area contributed by atoms with Gasteiger partial charge in [-0.1, -0.05) is 56.0 Å². The molecule has 1 aromatic heterocycles. The minimum atomic E-state index is 0.625. The minimum absolute atomic E-state index is 0.625. The van der Waals surface area contributed by atoms with Crippen molar-refractivity contribution < 1.29 is 0 Å². The third kappa shape index (κ3) is 2.87. The van der Waals surface area contributed by atoms with Crippen molar-refractivity contribution in [3.8, 4) is 0 Å². The van der Waals surface area contributed by atoms with E-state index >= 15 is 0 Å². The predicted molar refractivity (Wildman–Crippen MR) is 86.2 cm³/mol. The van der Waals surface area contributed by atoms with Gasteiger partial charge in [-0.15, -0.1) is 0 Å². The Morgan fingerprint density at radius 3 is 2.85 bits per heavy atom. The van der Waals surface area contributed by atoms with Gasteiger partial charge in [0.2, 0.25) is 0 Å². The monoisotopic (exact) mass is 290 g/mol. The topological polar surface area (TPSA) is 27.8 Å². The highest BCUT2D eigenvalue weighted by atomic mass is 35.5. The molecule has 20 heavy (non-hydrogen) atoms. The molecule has 1 aliphatic rings. The van der Waals surface area contributed by atoms with E-state index in [4.69, 9.17) is 11.6 Å². The van der Waals surface area contributed by atoms with E-state index in [2.05, 4.69) is 29.4 Å². The van der Waals surface area contributed by atoms with Gasteiger partial charge in [0, 0.05) is 29.2 Å². The van der Waals surface area contributed by atoms with E-state index in [-0.39, 0.29) is 0 Å². The average Bonchev–Trinajstić information content (AvgIpc) is 2.64. The first kappa shape index (κ1) is 14.0. The first-order valence-corrected chi connectivity index (χ1v) is 8.12. The highest BCUT2D eigenvalue weighted by Crippen LogP contribution is 2.28. The maximum Gasteiger partial charge on any atom is 0.0705 e. The zero-order valence-electron chi connectivity index (χ0n) is 12.1. The fourth-order valence-corrected chi connectivity index (χ4v) is 3.59. The van der Waals surface area contributed by atoms with Crippen molar-refractivity contribution in [1.29, 1.82) is 0 Å². The number of aromatic nitrogens is 1. The van der Waals surface area contributed by atoms with Crippen LogP contribution in [0.3, 0.4) is 0 Å². The van der Waals surface area contributed by atoms with Gasteiger partial charge in [-0.25, -0.2) is 0 Å². The summed E-state index contributed by atoms with van der Waals surface area (Å²) in [5.41, 5.74) is 2.24. The molecule has 1 aliphatic carbocycles. The van der Waals surface area contributed by atoms with Crippen LogP contribution in [-0.2, 0) is 6.54 Å². The van der Waals surface area contributed by atoms with Gasteiger partial charge in [0.1, 0.15) is 0 Å². The van der Waals surface area contributed by atoms with Crippen molar-refractivity contribution in [1.82, 2.24) is 10.3 Å². The van der Waals surface area contributed by atoms with E-state index in [0.717, 1.165) is 34.1 Å². The Hall–Kier alpha value is -0.990. The summed E-state index contributed by atoms with van der Waals surface area (Å²) >= 11 is 6.47. The molecule has 0 amide bonds. The normalized spacial score (nSPS) is 23.9. The molecule has 1 saturated carbocycles. The number of H-pyrrole nitrogens is 1. The first-order chi connectivity index (χ1) is 9.75. The van der Waals surface area contributed by atoms with E-state index in [0.29, 0.717) is 6.04 Å². The fourth-order valence-electron chi connectivity index (χ4n) is 3.31. The standard InChI is InChI=1S/C17H23ClN2/c1-12-7-3-2-4-9-14(12)19-11-16-17(18)13-8-5-6-10-15(13)20-16/h5-6,8,10,12,14,19-20H,2-4,7,9,11H2,1H3. The van der Waals surface area contributed by atoms with E-state index < -0.39 is 0 Å². The minimum Gasteiger partial charge on any atom is -0.356 e. The maximum absolute atomic E-state index is 6.47. The SMILES string of the molecule is CC1CCCCCC1NCc1[nH]c2ccccc2c1Cl. The Labute approximate surface area is 125 Å². The second-order valence-electron chi connectivity index (χ2n) is 6.07. The molecule has 3 rings (SSSR count). The molecular formula is C17H23ClN2. The molecule has 108 valence electrons. The second-order valence-corrected chi connectivity index (χ2v) is 6.44. The van der Waals surface area contributed by atoms with Gasteiger partial charge in [0.15, 0.2) is 0 Å². The van der Waals surface area contributed by atoms with Crippen LogP contribution in [0.1, 0.15) is 44.7 Å². The molecule has 2 aromatic rings. The molecule has 2 N–H and O–H groups in total. The number of aromatic amines is 1. The van der Waals surface area contributed by atoms with Crippen LogP contribution in [0.5, 0.6) is 0 Å². The molecule has 2 atom stereocenters. The zero-order valence-corrected chi connectivity index (χ0v) is 12.8. The van der Waals surface area contributed by atoms with E-state index in [9.17, 15) is 0 Å². The zero-order chi connectivity index (χ0) is 13.9. The number of halogens is 1. The van der Waals surface area contributed by atoms with Crippen LogP contribution < -0.4 is 5.32 Å². The van der Waals surface area contributed by atoms with Crippen LogP contribution in [0.25, 0.3) is 10.9 Å². The Kier molecular flexibility index (Phi) is 4.32. The molecule has 0 saturated heterocycles. The lowest BCUT2D eigenvalue weighted by molar-refractivity contribution is 0.355. The van der Waals surface area contributed by atoms with Crippen molar-refractivity contribution in [3.05, 3.63) is 35.0 Å². The number of rotatable bonds is 3. The molecule has 2 nitrogen and oxygen atoms in total. The molecular weight excluding hydrogens is 268 g/mol. The summed E-state index contributed by atoms with van der Waals surface area (Å²) in [6.45, 7) is 3.21. The predicted octanol–water partition coefficient (Wildman–Crippen LogP) is 4.88. The lowest BCUT2D eigenvalue weighted by atomic mass is 9.97. The van der Waals surface area contributed by atoms with Gasteiger partial charge in [0.25, 0.3) is 0 Å². The Morgan fingerprint density at radius 2 is 2.00 bits per heavy atom. The lowest BCUT2D eigenvalue weighted by Gasteiger charge is -2.22.